The van der Waals surface area contributed by atoms with E-state index in [1.807, 2.05) is 25.1 Å². The highest BCUT2D eigenvalue weighted by Gasteiger charge is 2.52. The van der Waals surface area contributed by atoms with E-state index in [9.17, 15) is 5.26 Å². The maximum absolute atomic E-state index is 10.4. The van der Waals surface area contributed by atoms with Crippen LogP contribution in [0.15, 0.2) is 35.7 Å². The summed E-state index contributed by atoms with van der Waals surface area (Å²) < 4.78 is 2.08. The maximum Gasteiger partial charge on any atom is 0.136 e. The van der Waals surface area contributed by atoms with E-state index in [1.165, 1.54) is 11.4 Å². The summed E-state index contributed by atoms with van der Waals surface area (Å²) in [6, 6.07) is 13.2. The van der Waals surface area contributed by atoms with Crippen LogP contribution >= 0.6 is 11.3 Å². The molecule has 5 rings (SSSR count). The van der Waals surface area contributed by atoms with Crippen molar-refractivity contribution >= 4 is 17.2 Å². The molecule has 2 atom stereocenters. The van der Waals surface area contributed by atoms with Gasteiger partial charge in [0, 0.05) is 29.6 Å². The Morgan fingerprint density at radius 3 is 2.75 bits per heavy atom. The second-order valence-electron chi connectivity index (χ2n) is 7.89. The number of anilines is 1. The lowest BCUT2D eigenvalue weighted by Crippen LogP contribution is -2.57. The van der Waals surface area contributed by atoms with Crippen LogP contribution in [0.1, 0.15) is 41.2 Å². The normalized spacial score (nSPS) is 23.8. The van der Waals surface area contributed by atoms with Crippen LogP contribution in [0, 0.1) is 25.2 Å². The van der Waals surface area contributed by atoms with Crippen LogP contribution in [0.2, 0.25) is 0 Å². The predicted octanol–water partition coefficient (Wildman–Crippen LogP) is 4.32. The summed E-state index contributed by atoms with van der Waals surface area (Å²) in [5.74, 6) is 1.17. The number of aryl methyl sites for hydroxylation is 2. The Morgan fingerprint density at radius 1 is 1.21 bits per heavy atom. The third-order valence-electron chi connectivity index (χ3n) is 6.16. The number of thiazole rings is 1. The third kappa shape index (κ3) is 2.43. The lowest BCUT2D eigenvalue weighted by molar-refractivity contribution is 0.320. The number of nitrogens with zero attached hydrogens (tertiary/aromatic N) is 5. The molecule has 4 heterocycles. The van der Waals surface area contributed by atoms with E-state index in [0.29, 0.717) is 6.42 Å². The zero-order chi connectivity index (χ0) is 19.3. The number of hydrogen-bond acceptors (Lipinski definition) is 5. The first-order chi connectivity index (χ1) is 13.6. The fourth-order valence-corrected chi connectivity index (χ4v) is 5.83. The molecule has 0 bridgehead atoms. The largest absolute Gasteiger partial charge is 0.351 e. The van der Waals surface area contributed by atoms with E-state index < -0.39 is 5.41 Å². The van der Waals surface area contributed by atoms with Gasteiger partial charge in [-0.05, 0) is 45.2 Å². The van der Waals surface area contributed by atoms with Gasteiger partial charge in [-0.2, -0.15) is 10.4 Å². The minimum Gasteiger partial charge on any atom is -0.351 e. The number of hydrogen-bond donors (Lipinski definition) is 0. The molecule has 28 heavy (non-hydrogen) atoms. The van der Waals surface area contributed by atoms with Gasteiger partial charge in [-0.1, -0.05) is 18.2 Å². The van der Waals surface area contributed by atoms with Gasteiger partial charge in [-0.3, -0.25) is 0 Å². The van der Waals surface area contributed by atoms with Gasteiger partial charge >= 0.3 is 0 Å². The summed E-state index contributed by atoms with van der Waals surface area (Å²) in [4.78, 5) is 7.23. The van der Waals surface area contributed by atoms with Gasteiger partial charge in [-0.25, -0.2) is 9.67 Å². The fourth-order valence-electron chi connectivity index (χ4n) is 4.83. The highest BCUT2D eigenvalue weighted by atomic mass is 32.1. The number of para-hydroxylation sites is 1. The Morgan fingerprint density at radius 2 is 2.04 bits per heavy atom. The van der Waals surface area contributed by atoms with E-state index in [1.54, 1.807) is 11.3 Å². The molecule has 0 unspecified atom stereocenters. The van der Waals surface area contributed by atoms with E-state index in [0.717, 1.165) is 47.9 Å². The number of nitriles is 1. The molecule has 6 heteroatoms. The molecule has 2 aromatic heterocycles. The van der Waals surface area contributed by atoms with Crippen molar-refractivity contribution in [2.24, 2.45) is 0 Å². The number of rotatable bonds is 2. The first kappa shape index (κ1) is 17.4. The zero-order valence-electron chi connectivity index (χ0n) is 16.2. The molecule has 0 N–H and O–H groups in total. The highest BCUT2D eigenvalue weighted by molar-refractivity contribution is 7.09. The lowest BCUT2D eigenvalue weighted by Gasteiger charge is -2.48. The second kappa shape index (κ2) is 6.46. The Kier molecular flexibility index (Phi) is 4.02. The molecule has 2 aliphatic heterocycles. The van der Waals surface area contributed by atoms with Crippen LogP contribution in [-0.4, -0.2) is 27.4 Å². The van der Waals surface area contributed by atoms with Crippen molar-refractivity contribution in [1.82, 2.24) is 14.8 Å². The van der Waals surface area contributed by atoms with Crippen LogP contribution in [0.25, 0.3) is 5.69 Å². The first-order valence-electron chi connectivity index (χ1n) is 9.88. The van der Waals surface area contributed by atoms with Gasteiger partial charge in [0.2, 0.25) is 0 Å². The molecule has 0 radical (unpaired) electrons. The van der Waals surface area contributed by atoms with Gasteiger partial charge in [0.15, 0.2) is 0 Å². The van der Waals surface area contributed by atoms with Crippen LogP contribution in [-0.2, 0) is 11.8 Å². The highest BCUT2D eigenvalue weighted by Crippen LogP contribution is 2.48. The van der Waals surface area contributed by atoms with E-state index >= 15 is 0 Å². The second-order valence-corrected chi connectivity index (χ2v) is 8.75. The van der Waals surface area contributed by atoms with E-state index in [-0.39, 0.29) is 6.04 Å². The van der Waals surface area contributed by atoms with Gasteiger partial charge in [0.05, 0.1) is 23.5 Å². The zero-order valence-corrected chi connectivity index (χ0v) is 17.0. The minimum absolute atomic E-state index is 0.142. The average molecular weight is 390 g/mol. The average Bonchev–Trinajstić information content (AvgIpc) is 3.32. The van der Waals surface area contributed by atoms with Gasteiger partial charge in [-0.15, -0.1) is 11.3 Å². The molecular formula is C22H23N5S. The summed E-state index contributed by atoms with van der Waals surface area (Å²) in [7, 11) is 0. The molecule has 0 amide bonds. The topological polar surface area (TPSA) is 57.7 Å². The molecule has 1 fully saturated rings. The van der Waals surface area contributed by atoms with Crippen molar-refractivity contribution in [3.63, 3.8) is 0 Å². The number of piperidine rings is 1. The molecule has 0 aliphatic carbocycles. The standard InChI is InChI=1S/C22H23N5S/c1-15-13-28-21(24-15)22(14-23)12-18-16(2)25-27(17-8-4-3-5-9-17)20(18)26-11-7-6-10-19(22)26/h3-5,8-9,13,19H,6-7,10-12H2,1-2H3/t19-,22-/m0/s1. The van der Waals surface area contributed by atoms with Crippen molar-refractivity contribution in [2.45, 2.75) is 51.0 Å². The van der Waals surface area contributed by atoms with E-state index in [4.69, 9.17) is 10.1 Å². The molecule has 5 nitrogen and oxygen atoms in total. The van der Waals surface area contributed by atoms with Crippen molar-refractivity contribution in [3.05, 3.63) is 57.7 Å². The smallest absolute Gasteiger partial charge is 0.136 e. The summed E-state index contributed by atoms with van der Waals surface area (Å²) in [5, 5.41) is 18.4. The quantitative estimate of drug-likeness (QED) is 0.655. The summed E-state index contributed by atoms with van der Waals surface area (Å²) in [6.07, 6.45) is 4.01. The van der Waals surface area contributed by atoms with Gasteiger partial charge in [0.25, 0.3) is 0 Å². The van der Waals surface area contributed by atoms with Crippen LogP contribution in [0.4, 0.5) is 5.82 Å². The fraction of sp³-hybridized carbons (Fsp3) is 0.409. The number of benzene rings is 1. The van der Waals surface area contributed by atoms with Crippen molar-refractivity contribution in [1.29, 1.82) is 5.26 Å². The van der Waals surface area contributed by atoms with Crippen LogP contribution in [0.3, 0.4) is 0 Å². The molecular weight excluding hydrogens is 366 g/mol. The monoisotopic (exact) mass is 389 g/mol. The van der Waals surface area contributed by atoms with E-state index in [2.05, 4.69) is 40.1 Å². The number of fused-ring (bicyclic) bond motifs is 3. The Hall–Kier alpha value is -2.65. The Labute approximate surface area is 169 Å². The summed E-state index contributed by atoms with van der Waals surface area (Å²) in [6.45, 7) is 5.04. The third-order valence-corrected chi connectivity index (χ3v) is 7.30. The van der Waals surface area contributed by atoms with Crippen molar-refractivity contribution in [3.8, 4) is 11.8 Å². The molecule has 0 saturated carbocycles. The lowest BCUT2D eigenvalue weighted by atomic mass is 9.70. The summed E-state index contributed by atoms with van der Waals surface area (Å²) >= 11 is 1.63. The molecule has 0 spiro atoms. The predicted molar refractivity (Wildman–Crippen MR) is 111 cm³/mol. The Bertz CT molecular complexity index is 1060. The van der Waals surface area contributed by atoms with Crippen LogP contribution in [0.5, 0.6) is 0 Å². The molecule has 1 aromatic carbocycles. The van der Waals surface area contributed by atoms with Gasteiger partial charge in [0.1, 0.15) is 16.2 Å². The molecule has 1 saturated heterocycles. The molecule has 3 aromatic rings. The molecule has 142 valence electrons. The minimum atomic E-state index is -0.596. The number of aromatic nitrogens is 3. The van der Waals surface area contributed by atoms with Crippen LogP contribution < -0.4 is 4.90 Å². The van der Waals surface area contributed by atoms with Crippen molar-refractivity contribution in [2.75, 3.05) is 11.4 Å². The van der Waals surface area contributed by atoms with Gasteiger partial charge < -0.3 is 4.90 Å². The van der Waals surface area contributed by atoms with Crippen molar-refractivity contribution < 1.29 is 0 Å². The Balaban J connectivity index is 1.73. The first-order valence-corrected chi connectivity index (χ1v) is 10.8. The maximum atomic E-state index is 10.4. The SMILES string of the molecule is Cc1csc([C@]2(C#N)Cc3c(C)nn(-c4ccccc4)c3N3CCCC[C@H]32)n1. The molecule has 2 aliphatic rings. The summed E-state index contributed by atoms with van der Waals surface area (Å²) in [5.41, 5.74) is 3.68.